The van der Waals surface area contributed by atoms with Crippen molar-refractivity contribution in [2.45, 2.75) is 32.8 Å². The Balaban J connectivity index is 1.67. The second-order valence-corrected chi connectivity index (χ2v) is 8.92. The predicted molar refractivity (Wildman–Crippen MR) is 115 cm³/mol. The van der Waals surface area contributed by atoms with Crippen molar-refractivity contribution in [3.8, 4) is 0 Å². The van der Waals surface area contributed by atoms with Crippen molar-refractivity contribution in [2.24, 2.45) is 11.8 Å². The average molecular weight is 401 g/mol. The number of hydrogen-bond acceptors (Lipinski definition) is 3. The van der Waals surface area contributed by atoms with Crippen molar-refractivity contribution in [2.75, 3.05) is 25.0 Å². The van der Waals surface area contributed by atoms with Gasteiger partial charge in [-0.05, 0) is 68.9 Å². The van der Waals surface area contributed by atoms with Crippen LogP contribution < -0.4 is 5.32 Å². The molecule has 2 aromatic carbocycles. The lowest BCUT2D eigenvalue weighted by molar-refractivity contribution is 0.0284. The first-order chi connectivity index (χ1) is 13.3. The first-order valence-electron chi connectivity index (χ1n) is 9.81. The highest BCUT2D eigenvalue weighted by molar-refractivity contribution is 6.30. The van der Waals surface area contributed by atoms with E-state index in [2.05, 4.69) is 29.6 Å². The van der Waals surface area contributed by atoms with Gasteiger partial charge in [0.2, 0.25) is 0 Å². The summed E-state index contributed by atoms with van der Waals surface area (Å²) >= 11 is 5.97. The lowest BCUT2D eigenvalue weighted by Gasteiger charge is -2.24. The van der Waals surface area contributed by atoms with Crippen LogP contribution in [0.15, 0.2) is 54.6 Å². The minimum Gasteiger partial charge on any atom is -0.444 e. The molecule has 0 aromatic heterocycles. The van der Waals surface area contributed by atoms with Gasteiger partial charge < -0.3 is 15.0 Å². The molecule has 1 heterocycles. The maximum absolute atomic E-state index is 12.6. The number of halogens is 1. The second-order valence-electron chi connectivity index (χ2n) is 8.48. The van der Waals surface area contributed by atoms with E-state index < -0.39 is 5.60 Å². The van der Waals surface area contributed by atoms with Crippen LogP contribution in [-0.4, -0.2) is 36.2 Å². The van der Waals surface area contributed by atoms with Gasteiger partial charge in [-0.15, -0.1) is 0 Å². The Morgan fingerprint density at radius 1 is 1.07 bits per heavy atom. The molecule has 28 heavy (non-hydrogen) atoms. The van der Waals surface area contributed by atoms with Crippen LogP contribution >= 0.6 is 11.6 Å². The maximum atomic E-state index is 12.6. The smallest absolute Gasteiger partial charge is 0.410 e. The topological polar surface area (TPSA) is 41.6 Å². The highest BCUT2D eigenvalue weighted by Crippen LogP contribution is 2.29. The van der Waals surface area contributed by atoms with Gasteiger partial charge in [0.25, 0.3) is 0 Å². The van der Waals surface area contributed by atoms with Crippen LogP contribution in [0.5, 0.6) is 0 Å². The highest BCUT2D eigenvalue weighted by Gasteiger charge is 2.36. The van der Waals surface area contributed by atoms with Gasteiger partial charge in [0.1, 0.15) is 5.60 Å². The fourth-order valence-corrected chi connectivity index (χ4v) is 3.74. The predicted octanol–water partition coefficient (Wildman–Crippen LogP) is 5.48. The summed E-state index contributed by atoms with van der Waals surface area (Å²) in [6, 6.07) is 18.2. The Morgan fingerprint density at radius 2 is 1.71 bits per heavy atom. The molecule has 1 aliphatic heterocycles. The van der Waals surface area contributed by atoms with Gasteiger partial charge in [-0.1, -0.05) is 41.9 Å². The van der Waals surface area contributed by atoms with Crippen molar-refractivity contribution in [3.05, 3.63) is 65.2 Å². The molecule has 4 nitrogen and oxygen atoms in total. The van der Waals surface area contributed by atoms with Crippen LogP contribution in [0.25, 0.3) is 0 Å². The summed E-state index contributed by atoms with van der Waals surface area (Å²) in [5, 5.41) is 4.23. The van der Waals surface area contributed by atoms with Gasteiger partial charge in [0, 0.05) is 30.3 Å². The number of anilines is 1. The molecular formula is C23H29ClN2O2. The minimum atomic E-state index is -0.481. The largest absolute Gasteiger partial charge is 0.444 e. The van der Waals surface area contributed by atoms with Crippen LogP contribution in [0, 0.1) is 11.8 Å². The summed E-state index contributed by atoms with van der Waals surface area (Å²) < 4.78 is 5.60. The molecule has 5 heteroatoms. The quantitative estimate of drug-likeness (QED) is 0.722. The Kier molecular flexibility index (Phi) is 6.50. The molecule has 0 spiro atoms. The Labute approximate surface area is 172 Å². The fraction of sp³-hybridized carbons (Fsp3) is 0.435. The summed E-state index contributed by atoms with van der Waals surface area (Å²) in [4.78, 5) is 14.4. The Hall–Kier alpha value is -2.20. The van der Waals surface area contributed by atoms with E-state index in [1.165, 1.54) is 5.56 Å². The van der Waals surface area contributed by atoms with Gasteiger partial charge in [-0.25, -0.2) is 4.79 Å². The number of benzene rings is 2. The van der Waals surface area contributed by atoms with Crippen molar-refractivity contribution in [1.29, 1.82) is 0 Å². The first kappa shape index (κ1) is 20.5. The van der Waals surface area contributed by atoms with Gasteiger partial charge in [-0.3, -0.25) is 0 Å². The third-order valence-corrected chi connectivity index (χ3v) is 5.23. The number of amides is 1. The summed E-state index contributed by atoms with van der Waals surface area (Å²) in [5.41, 5.74) is 1.86. The normalized spacial score (nSPS) is 19.5. The Bertz CT molecular complexity index is 771. The summed E-state index contributed by atoms with van der Waals surface area (Å²) in [6.45, 7) is 7.94. The van der Waals surface area contributed by atoms with Crippen LogP contribution in [0.4, 0.5) is 10.5 Å². The molecule has 1 N–H and O–H groups in total. The number of hydrogen-bond donors (Lipinski definition) is 1. The van der Waals surface area contributed by atoms with Crippen molar-refractivity contribution < 1.29 is 9.53 Å². The average Bonchev–Trinajstić information content (AvgIpc) is 3.04. The van der Waals surface area contributed by atoms with E-state index in [1.54, 1.807) is 0 Å². The zero-order valence-electron chi connectivity index (χ0n) is 16.8. The van der Waals surface area contributed by atoms with Gasteiger partial charge in [0.15, 0.2) is 0 Å². The molecule has 0 bridgehead atoms. The minimum absolute atomic E-state index is 0.223. The van der Waals surface area contributed by atoms with E-state index in [-0.39, 0.29) is 6.09 Å². The van der Waals surface area contributed by atoms with Crippen LogP contribution in [0.3, 0.4) is 0 Å². The molecule has 150 valence electrons. The molecule has 2 aromatic rings. The molecule has 0 saturated carbocycles. The molecule has 1 amide bonds. The van der Waals surface area contributed by atoms with Gasteiger partial charge >= 0.3 is 6.09 Å². The summed E-state index contributed by atoms with van der Waals surface area (Å²) in [5.74, 6) is 0.734. The second kappa shape index (κ2) is 8.87. The first-order valence-corrected chi connectivity index (χ1v) is 10.2. The Morgan fingerprint density at radius 3 is 2.36 bits per heavy atom. The van der Waals surface area contributed by atoms with Crippen molar-refractivity contribution in [3.63, 3.8) is 0 Å². The molecular weight excluding hydrogens is 372 g/mol. The third kappa shape index (κ3) is 5.90. The summed E-state index contributed by atoms with van der Waals surface area (Å²) in [6.07, 6.45) is 0.729. The van der Waals surface area contributed by atoms with Crippen LogP contribution in [0.2, 0.25) is 5.02 Å². The number of rotatable bonds is 5. The summed E-state index contributed by atoms with van der Waals surface area (Å²) in [7, 11) is 0. The number of carbonyl (C=O) groups is 1. The maximum Gasteiger partial charge on any atom is 0.410 e. The number of carbonyl (C=O) groups excluding carboxylic acids is 1. The lowest BCUT2D eigenvalue weighted by Crippen LogP contribution is -2.35. The zero-order chi connectivity index (χ0) is 20.1. The molecule has 0 unspecified atom stereocenters. The SMILES string of the molecule is CC(C)(C)OC(=O)N1C[C@@H](CNc2ccc(Cl)cc2)[C@@H](Cc2ccccc2)C1. The molecule has 3 rings (SSSR count). The van der Waals surface area contributed by atoms with Gasteiger partial charge in [-0.2, -0.15) is 0 Å². The third-order valence-electron chi connectivity index (χ3n) is 4.98. The van der Waals surface area contributed by atoms with E-state index in [4.69, 9.17) is 16.3 Å². The number of nitrogens with one attached hydrogen (secondary N) is 1. The van der Waals surface area contributed by atoms with Crippen molar-refractivity contribution in [1.82, 2.24) is 4.90 Å². The highest BCUT2D eigenvalue weighted by atomic mass is 35.5. The standard InChI is InChI=1S/C23H29ClN2O2/c1-23(2,3)28-22(27)26-15-18(13-17-7-5-4-6-8-17)19(16-26)14-25-21-11-9-20(24)10-12-21/h4-12,18-19,25H,13-16H2,1-3H3/t18-,19+/m0/s1. The van der Waals surface area contributed by atoms with E-state index in [0.717, 1.165) is 30.2 Å². The molecule has 2 atom stereocenters. The van der Waals surface area contributed by atoms with Gasteiger partial charge in [0.05, 0.1) is 0 Å². The molecule has 1 fully saturated rings. The van der Waals surface area contributed by atoms with E-state index in [1.807, 2.05) is 56.0 Å². The van der Waals surface area contributed by atoms with Crippen molar-refractivity contribution >= 4 is 23.4 Å². The van der Waals surface area contributed by atoms with E-state index in [9.17, 15) is 4.79 Å². The lowest BCUT2D eigenvalue weighted by atomic mass is 9.89. The molecule has 1 aliphatic rings. The van der Waals surface area contributed by atoms with E-state index >= 15 is 0 Å². The number of likely N-dealkylation sites (tertiary alicyclic amines) is 1. The number of nitrogens with zero attached hydrogens (tertiary/aromatic N) is 1. The monoisotopic (exact) mass is 400 g/mol. The molecule has 0 aliphatic carbocycles. The fourth-order valence-electron chi connectivity index (χ4n) is 3.61. The molecule has 0 radical (unpaired) electrons. The van der Waals surface area contributed by atoms with Crippen LogP contribution in [-0.2, 0) is 11.2 Å². The van der Waals surface area contributed by atoms with Crippen LogP contribution in [0.1, 0.15) is 26.3 Å². The number of ether oxygens (including phenoxy) is 1. The van der Waals surface area contributed by atoms with E-state index in [0.29, 0.717) is 18.4 Å². The zero-order valence-corrected chi connectivity index (χ0v) is 17.6. The molecule has 1 saturated heterocycles.